The molecule has 0 aromatic heterocycles. The molecular weight excluding hydrogens is 485 g/mol. The van der Waals surface area contributed by atoms with Crippen LogP contribution < -0.4 is 15.5 Å². The van der Waals surface area contributed by atoms with Crippen molar-refractivity contribution in [2.45, 2.75) is 44.9 Å². The maximum Gasteiger partial charge on any atom is 0.191 e. The number of nitrogens with zero attached hydrogens (tertiary/aromatic N) is 3. The number of nitrogens with one attached hydrogen (secondary N) is 2. The predicted molar refractivity (Wildman–Crippen MR) is 139 cm³/mol. The van der Waals surface area contributed by atoms with Gasteiger partial charge in [0.2, 0.25) is 0 Å². The van der Waals surface area contributed by atoms with Crippen LogP contribution in [0.15, 0.2) is 59.6 Å². The number of piperidine rings is 1. The number of halogens is 1. The lowest BCUT2D eigenvalue weighted by atomic mass is 9.97. The largest absolute Gasteiger partial charge is 0.378 e. The molecule has 1 aliphatic rings. The molecule has 0 bridgehead atoms. The summed E-state index contributed by atoms with van der Waals surface area (Å²) < 4.78 is 0. The number of benzene rings is 2. The minimum absolute atomic E-state index is 0. The summed E-state index contributed by atoms with van der Waals surface area (Å²) in [4.78, 5) is 9.14. The summed E-state index contributed by atoms with van der Waals surface area (Å²) in [5.41, 5.74) is 3.86. The smallest absolute Gasteiger partial charge is 0.191 e. The van der Waals surface area contributed by atoms with E-state index in [1.54, 1.807) is 0 Å². The zero-order chi connectivity index (χ0) is 20.6. The number of aliphatic imine (C=N–C) groups is 1. The van der Waals surface area contributed by atoms with Crippen LogP contribution in [0, 0.1) is 0 Å². The van der Waals surface area contributed by atoms with E-state index in [1.165, 1.54) is 16.8 Å². The van der Waals surface area contributed by atoms with E-state index in [9.17, 15) is 0 Å². The van der Waals surface area contributed by atoms with Crippen molar-refractivity contribution in [1.82, 2.24) is 15.5 Å². The molecule has 2 N–H and O–H groups in total. The van der Waals surface area contributed by atoms with Crippen LogP contribution in [0.4, 0.5) is 5.69 Å². The van der Waals surface area contributed by atoms with Gasteiger partial charge in [-0.25, -0.2) is 0 Å². The summed E-state index contributed by atoms with van der Waals surface area (Å²) in [7, 11) is 5.98. The van der Waals surface area contributed by atoms with Gasteiger partial charge in [-0.05, 0) is 43.0 Å². The maximum atomic E-state index is 4.44. The van der Waals surface area contributed by atoms with E-state index in [-0.39, 0.29) is 24.0 Å². The monoisotopic (exact) mass is 521 g/mol. The molecule has 1 fully saturated rings. The zero-order valence-corrected chi connectivity index (χ0v) is 21.0. The van der Waals surface area contributed by atoms with Crippen LogP contribution in [0.2, 0.25) is 0 Å². The lowest BCUT2D eigenvalue weighted by Crippen LogP contribution is -2.51. The molecule has 1 heterocycles. The van der Waals surface area contributed by atoms with Crippen LogP contribution in [-0.2, 0) is 13.1 Å². The van der Waals surface area contributed by atoms with Gasteiger partial charge in [-0.3, -0.25) is 9.89 Å². The fourth-order valence-electron chi connectivity index (χ4n) is 3.92. The second-order valence-electron chi connectivity index (χ2n) is 8.16. The summed E-state index contributed by atoms with van der Waals surface area (Å²) in [5, 5.41) is 7.10. The van der Waals surface area contributed by atoms with Crippen molar-refractivity contribution < 1.29 is 0 Å². The van der Waals surface area contributed by atoms with E-state index >= 15 is 0 Å². The van der Waals surface area contributed by atoms with Crippen molar-refractivity contribution in [3.8, 4) is 0 Å². The van der Waals surface area contributed by atoms with Crippen LogP contribution in [0.3, 0.4) is 0 Å². The fourth-order valence-corrected chi connectivity index (χ4v) is 3.92. The molecule has 164 valence electrons. The summed E-state index contributed by atoms with van der Waals surface area (Å²) in [6.45, 7) is 5.24. The Morgan fingerprint density at radius 1 is 1.10 bits per heavy atom. The van der Waals surface area contributed by atoms with Crippen LogP contribution in [0.1, 0.15) is 30.9 Å². The van der Waals surface area contributed by atoms with Gasteiger partial charge in [0.25, 0.3) is 0 Å². The Labute approximate surface area is 199 Å². The Hall–Kier alpha value is -1.80. The molecule has 5 nitrogen and oxygen atoms in total. The molecule has 0 saturated carbocycles. The summed E-state index contributed by atoms with van der Waals surface area (Å²) in [6.07, 6.45) is 2.26. The lowest BCUT2D eigenvalue weighted by Gasteiger charge is -2.38. The first-order valence-electron chi connectivity index (χ1n) is 10.6. The zero-order valence-electron chi connectivity index (χ0n) is 18.6. The molecule has 0 amide bonds. The Balaban J connectivity index is 0.00000320. The standard InChI is InChI=1S/C24H35N5.HI/c1-19-15-22(13-14-29(19)18-20-9-6-5-7-10-20)27-24(25-2)26-17-21-11-8-12-23(16-21)28(3)4;/h5-12,16,19,22H,13-15,17-18H2,1-4H3,(H2,25,26,27);1H. The first-order chi connectivity index (χ1) is 14.0. The molecular formula is C24H36IN5. The van der Waals surface area contributed by atoms with Gasteiger partial charge in [-0.15, -0.1) is 24.0 Å². The normalized spacial score (nSPS) is 19.7. The van der Waals surface area contributed by atoms with Gasteiger partial charge in [0.05, 0.1) is 0 Å². The number of guanidine groups is 1. The molecule has 0 aliphatic carbocycles. The van der Waals surface area contributed by atoms with Crippen molar-refractivity contribution in [1.29, 1.82) is 0 Å². The fraction of sp³-hybridized carbons (Fsp3) is 0.458. The highest BCUT2D eigenvalue weighted by atomic mass is 127. The van der Waals surface area contributed by atoms with Crippen molar-refractivity contribution in [3.63, 3.8) is 0 Å². The highest BCUT2D eigenvalue weighted by Crippen LogP contribution is 2.20. The Morgan fingerprint density at radius 2 is 1.83 bits per heavy atom. The number of anilines is 1. The van der Waals surface area contributed by atoms with Gasteiger partial charge in [0, 0.05) is 58.5 Å². The number of hydrogen-bond acceptors (Lipinski definition) is 3. The number of likely N-dealkylation sites (tertiary alicyclic amines) is 1. The van der Waals surface area contributed by atoms with Crippen LogP contribution in [0.25, 0.3) is 0 Å². The van der Waals surface area contributed by atoms with Crippen LogP contribution in [-0.4, -0.2) is 50.6 Å². The molecule has 0 radical (unpaired) electrons. The Kier molecular flexibility index (Phi) is 9.91. The maximum absolute atomic E-state index is 4.44. The molecule has 1 saturated heterocycles. The van der Waals surface area contributed by atoms with Crippen LogP contribution >= 0.6 is 24.0 Å². The van der Waals surface area contributed by atoms with Gasteiger partial charge < -0.3 is 15.5 Å². The first-order valence-corrected chi connectivity index (χ1v) is 10.6. The molecule has 0 spiro atoms. The average Bonchev–Trinajstić information content (AvgIpc) is 2.74. The summed E-state index contributed by atoms with van der Waals surface area (Å²) >= 11 is 0. The predicted octanol–water partition coefficient (Wildman–Crippen LogP) is 4.09. The third-order valence-electron chi connectivity index (χ3n) is 5.69. The lowest BCUT2D eigenvalue weighted by molar-refractivity contribution is 0.134. The minimum atomic E-state index is 0. The molecule has 3 rings (SSSR count). The molecule has 2 unspecified atom stereocenters. The van der Waals surface area contributed by atoms with E-state index in [0.717, 1.165) is 38.4 Å². The van der Waals surface area contributed by atoms with E-state index in [2.05, 4.69) is 101 Å². The quantitative estimate of drug-likeness (QED) is 0.342. The molecule has 2 aromatic carbocycles. The second kappa shape index (κ2) is 12.2. The SMILES string of the molecule is CN=C(NCc1cccc(N(C)C)c1)NC1CCN(Cc2ccccc2)C(C)C1.I. The van der Waals surface area contributed by atoms with Gasteiger partial charge in [0.1, 0.15) is 0 Å². The van der Waals surface area contributed by atoms with Crippen molar-refractivity contribution in [3.05, 3.63) is 65.7 Å². The van der Waals surface area contributed by atoms with Gasteiger partial charge in [-0.2, -0.15) is 0 Å². The highest BCUT2D eigenvalue weighted by molar-refractivity contribution is 14.0. The topological polar surface area (TPSA) is 42.9 Å². The van der Waals surface area contributed by atoms with E-state index in [0.29, 0.717) is 12.1 Å². The average molecular weight is 521 g/mol. The molecule has 2 aromatic rings. The Bertz CT molecular complexity index is 793. The van der Waals surface area contributed by atoms with E-state index in [1.807, 2.05) is 7.05 Å². The van der Waals surface area contributed by atoms with Crippen LogP contribution in [0.5, 0.6) is 0 Å². The molecule has 30 heavy (non-hydrogen) atoms. The first kappa shape index (κ1) is 24.5. The van der Waals surface area contributed by atoms with E-state index < -0.39 is 0 Å². The van der Waals surface area contributed by atoms with Gasteiger partial charge >= 0.3 is 0 Å². The van der Waals surface area contributed by atoms with Crippen molar-refractivity contribution in [2.75, 3.05) is 32.6 Å². The third kappa shape index (κ3) is 7.16. The van der Waals surface area contributed by atoms with Crippen molar-refractivity contribution >= 4 is 35.6 Å². The van der Waals surface area contributed by atoms with Crippen molar-refractivity contribution in [2.24, 2.45) is 4.99 Å². The third-order valence-corrected chi connectivity index (χ3v) is 5.69. The molecule has 1 aliphatic heterocycles. The number of rotatable bonds is 6. The van der Waals surface area contributed by atoms with E-state index in [4.69, 9.17) is 0 Å². The summed E-state index contributed by atoms with van der Waals surface area (Å²) in [6, 6.07) is 20.4. The molecule has 2 atom stereocenters. The van der Waals surface area contributed by atoms with Gasteiger partial charge in [0.15, 0.2) is 5.96 Å². The van der Waals surface area contributed by atoms with Gasteiger partial charge in [-0.1, -0.05) is 42.5 Å². The number of hydrogen-bond donors (Lipinski definition) is 2. The molecule has 6 heteroatoms. The highest BCUT2D eigenvalue weighted by Gasteiger charge is 2.25. The second-order valence-corrected chi connectivity index (χ2v) is 8.16. The summed E-state index contributed by atoms with van der Waals surface area (Å²) in [5.74, 6) is 0.883. The Morgan fingerprint density at radius 3 is 2.50 bits per heavy atom. The minimum Gasteiger partial charge on any atom is -0.378 e.